The first-order valence-electron chi connectivity index (χ1n) is 8.90. The number of nitrogens with zero attached hydrogens (tertiary/aromatic N) is 3. The second-order valence-electron chi connectivity index (χ2n) is 7.53. The molecule has 2 saturated heterocycles. The Labute approximate surface area is 159 Å². The lowest BCUT2D eigenvalue weighted by atomic mass is 9.79. The molecule has 9 heteroatoms. The van der Waals surface area contributed by atoms with E-state index in [1.165, 1.54) is 0 Å². The van der Waals surface area contributed by atoms with Gasteiger partial charge in [0, 0.05) is 30.7 Å². The Morgan fingerprint density at radius 3 is 2.74 bits per heavy atom. The summed E-state index contributed by atoms with van der Waals surface area (Å²) in [4.78, 5) is 8.70. The molecule has 0 bridgehead atoms. The van der Waals surface area contributed by atoms with Crippen molar-refractivity contribution in [3.8, 4) is 6.07 Å². The van der Waals surface area contributed by atoms with Gasteiger partial charge in [0.2, 0.25) is 0 Å². The highest BCUT2D eigenvalue weighted by molar-refractivity contribution is 6.36. The number of halogens is 4. The monoisotopic (exact) mass is 397 g/mol. The number of aromatic amines is 1. The molecule has 2 N–H and O–H groups in total. The quantitative estimate of drug-likeness (QED) is 0.763. The van der Waals surface area contributed by atoms with Crippen molar-refractivity contribution in [2.45, 2.75) is 32.4 Å². The van der Waals surface area contributed by atoms with Crippen LogP contribution in [-0.4, -0.2) is 36.1 Å². The van der Waals surface area contributed by atoms with Gasteiger partial charge in [-0.15, -0.1) is 0 Å². The number of piperidine rings is 1. The number of aromatic nitrogens is 2. The molecule has 2 aromatic heterocycles. The maximum atomic E-state index is 13.6. The summed E-state index contributed by atoms with van der Waals surface area (Å²) in [5.74, 6) is 0. The van der Waals surface area contributed by atoms with Crippen molar-refractivity contribution in [1.29, 1.82) is 5.26 Å². The molecule has 0 amide bonds. The maximum absolute atomic E-state index is 13.6. The van der Waals surface area contributed by atoms with Crippen LogP contribution in [-0.2, 0) is 6.18 Å². The van der Waals surface area contributed by atoms with Gasteiger partial charge in [0.25, 0.3) is 0 Å². The van der Waals surface area contributed by atoms with Crippen LogP contribution in [0.3, 0.4) is 0 Å². The molecule has 0 saturated carbocycles. The predicted octanol–water partition coefficient (Wildman–Crippen LogP) is 4.00. The fraction of sp³-hybridized carbons (Fsp3) is 0.556. The molecule has 2 fully saturated rings. The van der Waals surface area contributed by atoms with Gasteiger partial charge in [-0.1, -0.05) is 11.6 Å². The van der Waals surface area contributed by atoms with Gasteiger partial charge in [0.15, 0.2) is 5.69 Å². The lowest BCUT2D eigenvalue weighted by molar-refractivity contribution is -0.141. The van der Waals surface area contributed by atoms with Crippen molar-refractivity contribution < 1.29 is 13.2 Å². The highest BCUT2D eigenvalue weighted by Crippen LogP contribution is 2.44. The minimum atomic E-state index is -4.73. The normalized spacial score (nSPS) is 23.3. The largest absolute Gasteiger partial charge is 0.434 e. The van der Waals surface area contributed by atoms with E-state index in [0.717, 1.165) is 32.4 Å². The number of nitrogens with one attached hydrogen (secondary N) is 2. The van der Waals surface area contributed by atoms with Crippen LogP contribution in [0.2, 0.25) is 5.02 Å². The van der Waals surface area contributed by atoms with Crippen LogP contribution in [0.15, 0.2) is 0 Å². The van der Waals surface area contributed by atoms with Crippen LogP contribution >= 0.6 is 11.6 Å². The molecule has 4 rings (SSSR count). The lowest BCUT2D eigenvalue weighted by Crippen LogP contribution is -2.45. The van der Waals surface area contributed by atoms with E-state index in [4.69, 9.17) is 11.6 Å². The van der Waals surface area contributed by atoms with E-state index in [-0.39, 0.29) is 21.6 Å². The number of H-pyrrole nitrogens is 1. The zero-order valence-corrected chi connectivity index (χ0v) is 15.6. The Balaban J connectivity index is 1.95. The van der Waals surface area contributed by atoms with Crippen LogP contribution in [0, 0.1) is 23.7 Å². The second-order valence-corrected chi connectivity index (χ2v) is 7.91. The van der Waals surface area contributed by atoms with Crippen LogP contribution in [0.5, 0.6) is 0 Å². The Morgan fingerprint density at radius 2 is 2.11 bits per heavy atom. The molecule has 0 aliphatic carbocycles. The number of anilines is 1. The number of hydrogen-bond donors (Lipinski definition) is 2. The van der Waals surface area contributed by atoms with Crippen LogP contribution in [0.1, 0.15) is 36.2 Å². The fourth-order valence-corrected chi connectivity index (χ4v) is 4.62. The lowest BCUT2D eigenvalue weighted by Gasteiger charge is -2.41. The number of hydrogen-bond acceptors (Lipinski definition) is 4. The predicted molar refractivity (Wildman–Crippen MR) is 96.9 cm³/mol. The van der Waals surface area contributed by atoms with Crippen LogP contribution in [0.25, 0.3) is 11.0 Å². The number of pyridine rings is 1. The zero-order valence-electron chi connectivity index (χ0n) is 14.8. The van der Waals surface area contributed by atoms with Crippen LogP contribution in [0.4, 0.5) is 18.9 Å². The van der Waals surface area contributed by atoms with Gasteiger partial charge in [-0.2, -0.15) is 18.4 Å². The Kier molecular flexibility index (Phi) is 4.28. The second kappa shape index (κ2) is 6.28. The van der Waals surface area contributed by atoms with E-state index in [1.807, 2.05) is 4.90 Å². The van der Waals surface area contributed by atoms with E-state index in [1.54, 1.807) is 13.0 Å². The first-order chi connectivity index (χ1) is 12.8. The van der Waals surface area contributed by atoms with Crippen LogP contribution < -0.4 is 10.2 Å². The summed E-state index contributed by atoms with van der Waals surface area (Å²) in [5, 5.41) is 13.1. The summed E-state index contributed by atoms with van der Waals surface area (Å²) in [6, 6.07) is 1.77. The van der Waals surface area contributed by atoms with E-state index < -0.39 is 17.4 Å². The number of fused-ring (bicyclic) bond motifs is 1. The first kappa shape index (κ1) is 18.4. The molecule has 1 atom stereocenters. The first-order valence-corrected chi connectivity index (χ1v) is 9.28. The smallest absolute Gasteiger partial charge is 0.368 e. The number of rotatable bonds is 1. The summed E-state index contributed by atoms with van der Waals surface area (Å²) >= 11 is 6.22. The minimum absolute atomic E-state index is 0.0321. The van der Waals surface area contributed by atoms with Gasteiger partial charge < -0.3 is 15.2 Å². The summed E-state index contributed by atoms with van der Waals surface area (Å²) in [6.45, 7) is 4.65. The average Bonchev–Trinajstić information content (AvgIpc) is 3.17. The Hall–Kier alpha value is -1.98. The van der Waals surface area contributed by atoms with Gasteiger partial charge in [-0.25, -0.2) is 4.98 Å². The third-order valence-electron chi connectivity index (χ3n) is 5.71. The zero-order chi connectivity index (χ0) is 19.4. The fourth-order valence-electron chi connectivity index (χ4n) is 4.44. The van der Waals surface area contributed by atoms with E-state index in [9.17, 15) is 18.4 Å². The molecule has 144 valence electrons. The van der Waals surface area contributed by atoms with Crippen molar-refractivity contribution in [2.24, 2.45) is 5.41 Å². The summed E-state index contributed by atoms with van der Waals surface area (Å²) in [5.41, 5.74) is -0.281. The maximum Gasteiger partial charge on any atom is 0.434 e. The summed E-state index contributed by atoms with van der Waals surface area (Å²) in [6.07, 6.45) is -1.85. The summed E-state index contributed by atoms with van der Waals surface area (Å²) < 4.78 is 40.9. The molecule has 1 spiro atoms. The molecule has 27 heavy (non-hydrogen) atoms. The molecule has 4 heterocycles. The summed E-state index contributed by atoms with van der Waals surface area (Å²) in [7, 11) is 0. The third kappa shape index (κ3) is 2.93. The average molecular weight is 398 g/mol. The number of nitriles is 1. The molecule has 0 radical (unpaired) electrons. The molecule has 1 unspecified atom stereocenters. The van der Waals surface area contributed by atoms with Crippen molar-refractivity contribution in [3.05, 3.63) is 22.0 Å². The molecular weight excluding hydrogens is 379 g/mol. The van der Waals surface area contributed by atoms with Crippen molar-refractivity contribution in [1.82, 2.24) is 15.3 Å². The van der Waals surface area contributed by atoms with E-state index in [2.05, 4.69) is 15.3 Å². The van der Waals surface area contributed by atoms with Crippen molar-refractivity contribution in [2.75, 3.05) is 31.1 Å². The standard InChI is InChI=1S/C18H19ClF3N5/c1-10-12(19)13-14(25-10)15(11(7-23)16(26-13)18(20,21)22)27-6-2-3-17(9-27)4-5-24-8-17/h24-25H,2-6,8-9H2,1H3. The van der Waals surface area contributed by atoms with Gasteiger partial charge in [-0.3, -0.25) is 0 Å². The highest BCUT2D eigenvalue weighted by atomic mass is 35.5. The van der Waals surface area contributed by atoms with E-state index >= 15 is 0 Å². The van der Waals surface area contributed by atoms with Crippen molar-refractivity contribution in [3.63, 3.8) is 0 Å². The van der Waals surface area contributed by atoms with Gasteiger partial charge in [0.05, 0.1) is 16.2 Å². The Morgan fingerprint density at radius 1 is 1.33 bits per heavy atom. The number of aryl methyl sites for hydroxylation is 1. The van der Waals surface area contributed by atoms with Crippen molar-refractivity contribution >= 4 is 28.3 Å². The van der Waals surface area contributed by atoms with Gasteiger partial charge >= 0.3 is 6.18 Å². The number of alkyl halides is 3. The molecule has 2 aliphatic heterocycles. The molecule has 5 nitrogen and oxygen atoms in total. The molecule has 0 aromatic carbocycles. The van der Waals surface area contributed by atoms with Gasteiger partial charge in [0.1, 0.15) is 17.1 Å². The minimum Gasteiger partial charge on any atom is -0.368 e. The SMILES string of the molecule is Cc1[nH]c2c(N3CCCC4(CCNC4)C3)c(C#N)c(C(F)(F)F)nc2c1Cl. The highest BCUT2D eigenvalue weighted by Gasteiger charge is 2.42. The molecular formula is C18H19ClF3N5. The van der Waals surface area contributed by atoms with Gasteiger partial charge in [-0.05, 0) is 32.7 Å². The Bertz CT molecular complexity index is 937. The molecule has 2 aromatic rings. The molecule has 2 aliphatic rings. The van der Waals surface area contributed by atoms with E-state index in [0.29, 0.717) is 24.3 Å². The topological polar surface area (TPSA) is 67.7 Å². The third-order valence-corrected chi connectivity index (χ3v) is 6.17.